The monoisotopic (exact) mass is 248 g/mol. The molecular weight excluding hydrogens is 232 g/mol. The predicted molar refractivity (Wildman–Crippen MR) is 70.4 cm³/mol. The first-order chi connectivity index (χ1) is 8.27. The van der Waals surface area contributed by atoms with Crippen molar-refractivity contribution in [1.29, 1.82) is 0 Å². The molecule has 1 aliphatic carbocycles. The Labute approximate surface area is 105 Å². The Balaban J connectivity index is 2.02. The summed E-state index contributed by atoms with van der Waals surface area (Å²) >= 11 is 1.59. The van der Waals surface area contributed by atoms with Gasteiger partial charge in [0.25, 0.3) is 5.56 Å². The highest BCUT2D eigenvalue weighted by molar-refractivity contribution is 8.00. The molecule has 0 atom stereocenters. The minimum Gasteiger partial charge on any atom is -0.295 e. The van der Waals surface area contributed by atoms with Gasteiger partial charge in [-0.3, -0.25) is 9.36 Å². The van der Waals surface area contributed by atoms with Gasteiger partial charge < -0.3 is 0 Å². The molecule has 90 valence electrons. The lowest BCUT2D eigenvalue weighted by Gasteiger charge is -2.23. The van der Waals surface area contributed by atoms with Gasteiger partial charge in [0.2, 0.25) is 0 Å². The van der Waals surface area contributed by atoms with Crippen LogP contribution in [0.4, 0.5) is 0 Å². The molecule has 0 radical (unpaired) electrons. The molecule has 1 saturated carbocycles. The highest BCUT2D eigenvalue weighted by atomic mass is 32.2. The fraction of sp³-hybridized carbons (Fsp3) is 0.538. The molecule has 0 N–H and O–H groups in total. The maximum atomic E-state index is 12.4. The highest BCUT2D eigenvalue weighted by Gasteiger charge is 2.24. The van der Waals surface area contributed by atoms with Crippen LogP contribution < -0.4 is 5.56 Å². The van der Waals surface area contributed by atoms with Crippen LogP contribution in [0.3, 0.4) is 0 Å². The summed E-state index contributed by atoms with van der Waals surface area (Å²) in [6.07, 6.45) is 7.73. The molecule has 0 unspecified atom stereocenters. The van der Waals surface area contributed by atoms with E-state index in [1.54, 1.807) is 18.1 Å². The van der Waals surface area contributed by atoms with Gasteiger partial charge in [-0.25, -0.2) is 4.98 Å². The molecule has 3 nitrogen and oxygen atoms in total. The van der Waals surface area contributed by atoms with Crippen molar-refractivity contribution in [1.82, 2.24) is 9.55 Å². The first kappa shape index (κ1) is 11.1. The summed E-state index contributed by atoms with van der Waals surface area (Å²) in [6, 6.07) is 0.364. The Morgan fingerprint density at radius 1 is 1.35 bits per heavy atom. The molecule has 4 heteroatoms. The minimum atomic E-state index is 0.144. The summed E-state index contributed by atoms with van der Waals surface area (Å²) in [5, 5.41) is 0. The Morgan fingerprint density at radius 3 is 2.88 bits per heavy atom. The van der Waals surface area contributed by atoms with Crippen LogP contribution in [-0.4, -0.2) is 15.3 Å². The van der Waals surface area contributed by atoms with Gasteiger partial charge in [0, 0.05) is 11.8 Å². The lowest BCUT2D eigenvalue weighted by atomic mass is 9.95. The average Bonchev–Trinajstić information content (AvgIpc) is 2.74. The minimum absolute atomic E-state index is 0.144. The second-order valence-electron chi connectivity index (χ2n) is 4.82. The van der Waals surface area contributed by atoms with Crippen molar-refractivity contribution in [2.45, 2.75) is 43.0 Å². The largest absolute Gasteiger partial charge is 0.295 e. The molecule has 2 aliphatic rings. The van der Waals surface area contributed by atoms with E-state index in [-0.39, 0.29) is 5.56 Å². The Morgan fingerprint density at radius 2 is 2.12 bits per heavy atom. The zero-order valence-corrected chi connectivity index (χ0v) is 10.6. The molecular formula is C13H16N2OS. The summed E-state index contributed by atoms with van der Waals surface area (Å²) in [6.45, 7) is 3.95. The molecule has 1 aromatic heterocycles. The van der Waals surface area contributed by atoms with E-state index < -0.39 is 0 Å². The van der Waals surface area contributed by atoms with E-state index in [1.807, 2.05) is 4.57 Å². The molecule has 3 rings (SSSR count). The number of aromatic nitrogens is 2. The highest BCUT2D eigenvalue weighted by Crippen LogP contribution is 2.34. The van der Waals surface area contributed by atoms with E-state index in [0.717, 1.165) is 34.8 Å². The van der Waals surface area contributed by atoms with Crippen molar-refractivity contribution in [3.05, 3.63) is 29.0 Å². The normalized spacial score (nSPS) is 20.6. The molecule has 1 aliphatic heterocycles. The smallest absolute Gasteiger partial charge is 0.267 e. The number of nitrogens with zero attached hydrogens (tertiary/aromatic N) is 2. The van der Waals surface area contributed by atoms with E-state index in [1.165, 1.54) is 19.3 Å². The van der Waals surface area contributed by atoms with Gasteiger partial charge in [-0.05, 0) is 18.4 Å². The zero-order valence-electron chi connectivity index (χ0n) is 9.82. The predicted octanol–water partition coefficient (Wildman–Crippen LogP) is 2.87. The van der Waals surface area contributed by atoms with Gasteiger partial charge in [-0.15, -0.1) is 11.8 Å². The van der Waals surface area contributed by atoms with E-state index in [4.69, 9.17) is 0 Å². The van der Waals surface area contributed by atoms with Crippen molar-refractivity contribution >= 4 is 17.3 Å². The van der Waals surface area contributed by atoms with Gasteiger partial charge in [-0.2, -0.15) is 0 Å². The number of thioether (sulfide) groups is 1. The van der Waals surface area contributed by atoms with Crippen molar-refractivity contribution in [2.24, 2.45) is 0 Å². The van der Waals surface area contributed by atoms with Gasteiger partial charge in [0.05, 0.1) is 16.9 Å². The van der Waals surface area contributed by atoms with Crippen LogP contribution in [0.5, 0.6) is 0 Å². The second kappa shape index (κ2) is 4.33. The molecule has 1 fully saturated rings. The maximum Gasteiger partial charge on any atom is 0.267 e. The van der Waals surface area contributed by atoms with Crippen LogP contribution in [-0.2, 0) is 0 Å². The molecule has 0 spiro atoms. The first-order valence-electron chi connectivity index (χ1n) is 6.19. The molecule has 1 aromatic rings. The number of fused-ring (bicyclic) bond motifs is 1. The summed E-state index contributed by atoms with van der Waals surface area (Å²) in [5.41, 5.74) is 1.95. The summed E-state index contributed by atoms with van der Waals surface area (Å²) in [5.74, 6) is 0.812. The van der Waals surface area contributed by atoms with Crippen LogP contribution in [0.15, 0.2) is 22.6 Å². The molecule has 0 saturated heterocycles. The molecule has 0 amide bonds. The van der Waals surface area contributed by atoms with E-state index in [2.05, 4.69) is 11.6 Å². The average molecular weight is 248 g/mol. The van der Waals surface area contributed by atoms with E-state index in [0.29, 0.717) is 6.04 Å². The number of hydrogen-bond acceptors (Lipinski definition) is 3. The standard InChI is InChI=1S/C13H16N2OS/c1-9-7-17-12-11(9)14-8-15(13(12)16)10-5-3-2-4-6-10/h8,10H,1-7H2. The van der Waals surface area contributed by atoms with E-state index in [9.17, 15) is 4.79 Å². The van der Waals surface area contributed by atoms with Crippen molar-refractivity contribution in [3.63, 3.8) is 0 Å². The van der Waals surface area contributed by atoms with Gasteiger partial charge in [0.15, 0.2) is 0 Å². The Kier molecular flexibility index (Phi) is 2.82. The molecule has 0 bridgehead atoms. The Bertz CT molecular complexity index is 515. The SMILES string of the molecule is C=C1CSc2c1ncn(C1CCCCC1)c2=O. The fourth-order valence-electron chi connectivity index (χ4n) is 2.68. The van der Waals surface area contributed by atoms with Gasteiger partial charge >= 0.3 is 0 Å². The maximum absolute atomic E-state index is 12.4. The van der Waals surface area contributed by atoms with E-state index >= 15 is 0 Å². The summed E-state index contributed by atoms with van der Waals surface area (Å²) < 4.78 is 1.85. The topological polar surface area (TPSA) is 34.9 Å². The summed E-state index contributed by atoms with van der Waals surface area (Å²) in [7, 11) is 0. The van der Waals surface area contributed by atoms with Crippen LogP contribution in [0.1, 0.15) is 43.8 Å². The third kappa shape index (κ3) is 1.84. The van der Waals surface area contributed by atoms with Crippen molar-refractivity contribution in [2.75, 3.05) is 5.75 Å². The summed E-state index contributed by atoms with van der Waals surface area (Å²) in [4.78, 5) is 17.6. The second-order valence-corrected chi connectivity index (χ2v) is 5.80. The van der Waals surface area contributed by atoms with Crippen molar-refractivity contribution < 1.29 is 0 Å². The lowest BCUT2D eigenvalue weighted by molar-refractivity contribution is 0.341. The third-order valence-corrected chi connectivity index (χ3v) is 4.80. The number of rotatable bonds is 1. The van der Waals surface area contributed by atoms with Gasteiger partial charge in [0.1, 0.15) is 0 Å². The molecule has 0 aromatic carbocycles. The number of hydrogen-bond donors (Lipinski definition) is 0. The first-order valence-corrected chi connectivity index (χ1v) is 7.18. The van der Waals surface area contributed by atoms with Crippen LogP contribution in [0.2, 0.25) is 0 Å². The van der Waals surface area contributed by atoms with Gasteiger partial charge in [-0.1, -0.05) is 25.8 Å². The Hall–Kier alpha value is -1.03. The molecule has 17 heavy (non-hydrogen) atoms. The zero-order chi connectivity index (χ0) is 11.8. The van der Waals surface area contributed by atoms with Crippen LogP contribution in [0, 0.1) is 0 Å². The van der Waals surface area contributed by atoms with Crippen LogP contribution in [0.25, 0.3) is 5.57 Å². The third-order valence-electron chi connectivity index (χ3n) is 3.65. The molecule has 2 heterocycles. The lowest BCUT2D eigenvalue weighted by Crippen LogP contribution is -2.27. The quantitative estimate of drug-likeness (QED) is 0.766. The van der Waals surface area contributed by atoms with Crippen LogP contribution >= 0.6 is 11.8 Å². The van der Waals surface area contributed by atoms with Crippen molar-refractivity contribution in [3.8, 4) is 0 Å². The fourth-order valence-corrected chi connectivity index (χ4v) is 3.70.